The van der Waals surface area contributed by atoms with E-state index in [1.807, 2.05) is 91.7 Å². The molecule has 0 atom stereocenters. The summed E-state index contributed by atoms with van der Waals surface area (Å²) in [5.41, 5.74) is 3.26. The number of amides is 1. The minimum absolute atomic E-state index is 0.151. The van der Waals surface area contributed by atoms with Crippen molar-refractivity contribution in [2.24, 2.45) is 4.99 Å². The molecule has 0 radical (unpaired) electrons. The first-order valence-corrected chi connectivity index (χ1v) is 8.04. The van der Waals surface area contributed by atoms with E-state index in [1.165, 1.54) is 11.1 Å². The Bertz CT molecular complexity index is 841. The highest BCUT2D eigenvalue weighted by Gasteiger charge is 2.52. The maximum Gasteiger partial charge on any atom is 0.283 e. The van der Waals surface area contributed by atoms with E-state index in [4.69, 9.17) is 0 Å². The number of fused-ring (bicyclic) bond motifs is 1. The fraction of sp³-hybridized carbons (Fsp3) is 0.143. The van der Waals surface area contributed by atoms with Crippen LogP contribution < -0.4 is 0 Å². The largest absolute Gasteiger partial charge is 0.310 e. The average molecular weight is 314 g/mol. The SMILES string of the molecule is Cc1ccc(C2(c3ccc(C)cc3)C(=O)N=C3C=CC=CN32)cc1. The molecule has 1 amide bonds. The highest BCUT2D eigenvalue weighted by molar-refractivity contribution is 6.13. The van der Waals surface area contributed by atoms with Crippen molar-refractivity contribution >= 4 is 11.7 Å². The summed E-state index contributed by atoms with van der Waals surface area (Å²) < 4.78 is 0. The summed E-state index contributed by atoms with van der Waals surface area (Å²) in [5.74, 6) is 0.532. The van der Waals surface area contributed by atoms with Crippen LogP contribution in [-0.4, -0.2) is 16.6 Å². The molecule has 0 fully saturated rings. The summed E-state index contributed by atoms with van der Waals surface area (Å²) >= 11 is 0. The van der Waals surface area contributed by atoms with Gasteiger partial charge in [-0.05, 0) is 37.1 Å². The first-order valence-electron chi connectivity index (χ1n) is 8.04. The third kappa shape index (κ3) is 1.98. The van der Waals surface area contributed by atoms with E-state index in [9.17, 15) is 4.79 Å². The van der Waals surface area contributed by atoms with E-state index in [2.05, 4.69) is 4.99 Å². The van der Waals surface area contributed by atoms with Crippen molar-refractivity contribution in [2.45, 2.75) is 19.4 Å². The number of benzene rings is 2. The van der Waals surface area contributed by atoms with Gasteiger partial charge in [0, 0.05) is 6.20 Å². The summed E-state index contributed by atoms with van der Waals surface area (Å²) in [7, 11) is 0. The van der Waals surface area contributed by atoms with Gasteiger partial charge >= 0.3 is 0 Å². The highest BCUT2D eigenvalue weighted by Crippen LogP contribution is 2.42. The van der Waals surface area contributed by atoms with Crippen molar-refractivity contribution in [3.63, 3.8) is 0 Å². The summed E-state index contributed by atoms with van der Waals surface area (Å²) in [4.78, 5) is 19.4. The van der Waals surface area contributed by atoms with E-state index in [0.29, 0.717) is 5.84 Å². The monoisotopic (exact) mass is 314 g/mol. The second-order valence-corrected chi connectivity index (χ2v) is 6.29. The molecule has 24 heavy (non-hydrogen) atoms. The second kappa shape index (κ2) is 5.31. The third-order valence-electron chi connectivity index (χ3n) is 4.66. The van der Waals surface area contributed by atoms with Gasteiger partial charge in [-0.25, -0.2) is 0 Å². The lowest BCUT2D eigenvalue weighted by Gasteiger charge is -2.37. The van der Waals surface area contributed by atoms with Crippen molar-refractivity contribution in [1.82, 2.24) is 4.90 Å². The highest BCUT2D eigenvalue weighted by atomic mass is 16.2. The number of nitrogens with zero attached hydrogens (tertiary/aromatic N) is 2. The predicted octanol–water partition coefficient (Wildman–Crippen LogP) is 3.87. The lowest BCUT2D eigenvalue weighted by atomic mass is 9.80. The molecule has 2 aromatic carbocycles. The van der Waals surface area contributed by atoms with Crippen LogP contribution in [0.4, 0.5) is 0 Å². The Kier molecular flexibility index (Phi) is 3.24. The molecule has 0 unspecified atom stereocenters. The number of rotatable bonds is 2. The average Bonchev–Trinajstić information content (AvgIpc) is 2.89. The molecule has 3 heteroatoms. The maximum absolute atomic E-state index is 13.1. The van der Waals surface area contributed by atoms with E-state index in [1.54, 1.807) is 0 Å². The van der Waals surface area contributed by atoms with E-state index < -0.39 is 5.54 Å². The normalized spacial score (nSPS) is 17.8. The molecule has 0 aliphatic carbocycles. The number of allylic oxidation sites excluding steroid dienone is 2. The molecule has 2 aliphatic heterocycles. The van der Waals surface area contributed by atoms with Gasteiger partial charge in [-0.2, -0.15) is 4.99 Å². The molecule has 4 rings (SSSR count). The van der Waals surface area contributed by atoms with Gasteiger partial charge in [0.15, 0.2) is 5.54 Å². The van der Waals surface area contributed by atoms with Gasteiger partial charge in [0.2, 0.25) is 0 Å². The molecule has 0 saturated heterocycles. The van der Waals surface area contributed by atoms with Crippen LogP contribution in [0.2, 0.25) is 0 Å². The van der Waals surface area contributed by atoms with Crippen LogP contribution in [0.25, 0.3) is 0 Å². The zero-order chi connectivity index (χ0) is 16.7. The van der Waals surface area contributed by atoms with Crippen molar-refractivity contribution in [3.8, 4) is 0 Å². The minimum Gasteiger partial charge on any atom is -0.310 e. The quantitative estimate of drug-likeness (QED) is 0.843. The zero-order valence-corrected chi connectivity index (χ0v) is 13.7. The number of amidine groups is 1. The molecule has 0 N–H and O–H groups in total. The Labute approximate surface area is 141 Å². The molecule has 2 heterocycles. The first kappa shape index (κ1) is 14.6. The molecule has 0 spiro atoms. The van der Waals surface area contributed by atoms with Gasteiger partial charge in [-0.1, -0.05) is 65.7 Å². The van der Waals surface area contributed by atoms with Crippen molar-refractivity contribution in [3.05, 3.63) is 95.2 Å². The number of aliphatic imine (C=N–C) groups is 1. The molecular weight excluding hydrogens is 296 g/mol. The number of carbonyl (C=O) groups is 1. The van der Waals surface area contributed by atoms with Crippen molar-refractivity contribution in [1.29, 1.82) is 0 Å². The molecule has 0 saturated carbocycles. The summed E-state index contributed by atoms with van der Waals surface area (Å²) in [6.07, 6.45) is 7.66. The van der Waals surface area contributed by atoms with Crippen LogP contribution in [0.3, 0.4) is 0 Å². The van der Waals surface area contributed by atoms with Crippen LogP contribution in [0.15, 0.2) is 78.0 Å². The maximum atomic E-state index is 13.1. The van der Waals surface area contributed by atoms with Crippen molar-refractivity contribution in [2.75, 3.05) is 0 Å². The van der Waals surface area contributed by atoms with Gasteiger partial charge in [0.25, 0.3) is 5.91 Å². The Morgan fingerprint density at radius 1 is 0.833 bits per heavy atom. The Hall–Kier alpha value is -2.94. The van der Waals surface area contributed by atoms with Gasteiger partial charge in [0.1, 0.15) is 5.84 Å². The predicted molar refractivity (Wildman–Crippen MR) is 95.7 cm³/mol. The second-order valence-electron chi connectivity index (χ2n) is 6.29. The lowest BCUT2D eigenvalue weighted by Crippen LogP contribution is -2.47. The van der Waals surface area contributed by atoms with Gasteiger partial charge in [-0.3, -0.25) is 4.79 Å². The number of hydrogen-bond donors (Lipinski definition) is 0. The fourth-order valence-electron chi connectivity index (χ4n) is 3.38. The third-order valence-corrected chi connectivity index (χ3v) is 4.66. The van der Waals surface area contributed by atoms with E-state index >= 15 is 0 Å². The Morgan fingerprint density at radius 2 is 1.38 bits per heavy atom. The van der Waals surface area contributed by atoms with Gasteiger partial charge < -0.3 is 4.90 Å². The Morgan fingerprint density at radius 3 is 1.92 bits per heavy atom. The molecule has 2 aliphatic rings. The summed E-state index contributed by atoms with van der Waals surface area (Å²) in [5, 5.41) is 0. The Balaban J connectivity index is 1.99. The van der Waals surface area contributed by atoms with E-state index in [0.717, 1.165) is 11.1 Å². The lowest BCUT2D eigenvalue weighted by molar-refractivity contribution is -0.123. The molecule has 3 nitrogen and oxygen atoms in total. The molecular formula is C21H18N2O. The molecule has 0 bridgehead atoms. The van der Waals surface area contributed by atoms with Crippen LogP contribution in [0.5, 0.6) is 0 Å². The minimum atomic E-state index is -0.933. The van der Waals surface area contributed by atoms with Crippen LogP contribution in [0.1, 0.15) is 22.3 Å². The standard InChI is InChI=1S/C21H18N2O/c1-15-6-10-17(11-7-15)21(18-12-8-16(2)9-13-18)20(24)22-19-5-3-4-14-23(19)21/h3-14H,1-2H3. The first-order chi connectivity index (χ1) is 11.6. The smallest absolute Gasteiger partial charge is 0.283 e. The number of aryl methyl sites for hydroxylation is 2. The van der Waals surface area contributed by atoms with Gasteiger partial charge in [0.05, 0.1) is 0 Å². The summed E-state index contributed by atoms with van der Waals surface area (Å²) in [6.45, 7) is 4.09. The number of hydrogen-bond acceptors (Lipinski definition) is 2. The molecule has 2 aromatic rings. The topological polar surface area (TPSA) is 32.7 Å². The zero-order valence-electron chi connectivity index (χ0n) is 13.7. The number of carbonyl (C=O) groups excluding carboxylic acids is 1. The van der Waals surface area contributed by atoms with E-state index in [-0.39, 0.29) is 5.91 Å². The molecule has 0 aromatic heterocycles. The fourth-order valence-corrected chi connectivity index (χ4v) is 3.38. The summed E-state index contributed by atoms with van der Waals surface area (Å²) in [6, 6.07) is 16.3. The van der Waals surface area contributed by atoms with Crippen LogP contribution in [-0.2, 0) is 10.3 Å². The van der Waals surface area contributed by atoms with Gasteiger partial charge in [-0.15, -0.1) is 0 Å². The van der Waals surface area contributed by atoms with Crippen molar-refractivity contribution < 1.29 is 4.79 Å². The molecule has 118 valence electrons. The van der Waals surface area contributed by atoms with Crippen LogP contribution in [0, 0.1) is 13.8 Å². The van der Waals surface area contributed by atoms with Crippen LogP contribution >= 0.6 is 0 Å².